The van der Waals surface area contributed by atoms with Gasteiger partial charge in [-0.25, -0.2) is 0 Å². The Bertz CT molecular complexity index is 550. The summed E-state index contributed by atoms with van der Waals surface area (Å²) in [6.07, 6.45) is 8.41. The molecule has 1 aromatic rings. The largest absolute Gasteiger partial charge is 0.353 e. The van der Waals surface area contributed by atoms with Crippen LogP contribution in [-0.4, -0.2) is 28.9 Å². The molecule has 1 aliphatic carbocycles. The quantitative estimate of drug-likeness (QED) is 0.924. The van der Waals surface area contributed by atoms with Crippen molar-refractivity contribution in [2.75, 3.05) is 0 Å². The molecule has 0 unspecified atom stereocenters. The SMILES string of the molecule is Cc1ccc(CN2[C@H]3CCC[C@H]2CC(NC(=O)C2CC2)C3)cc1. The van der Waals surface area contributed by atoms with E-state index < -0.39 is 0 Å². The van der Waals surface area contributed by atoms with Crippen LogP contribution in [0.2, 0.25) is 0 Å². The average molecular weight is 312 g/mol. The number of benzene rings is 1. The Kier molecular flexibility index (Phi) is 4.14. The van der Waals surface area contributed by atoms with Gasteiger partial charge < -0.3 is 5.32 Å². The highest BCUT2D eigenvalue weighted by molar-refractivity contribution is 5.81. The molecular weight excluding hydrogens is 284 g/mol. The van der Waals surface area contributed by atoms with Gasteiger partial charge in [-0.2, -0.15) is 0 Å². The molecule has 0 aromatic heterocycles. The van der Waals surface area contributed by atoms with Crippen LogP contribution in [0.1, 0.15) is 56.1 Å². The van der Waals surface area contributed by atoms with Crippen LogP contribution in [0.3, 0.4) is 0 Å². The Hall–Kier alpha value is -1.35. The summed E-state index contributed by atoms with van der Waals surface area (Å²) in [5.74, 6) is 0.653. The van der Waals surface area contributed by atoms with Gasteiger partial charge in [-0.1, -0.05) is 36.2 Å². The monoisotopic (exact) mass is 312 g/mol. The molecule has 2 aliphatic heterocycles. The van der Waals surface area contributed by atoms with Gasteiger partial charge >= 0.3 is 0 Å². The van der Waals surface area contributed by atoms with Gasteiger partial charge in [0.05, 0.1) is 0 Å². The topological polar surface area (TPSA) is 32.3 Å². The maximum absolute atomic E-state index is 12.1. The molecule has 1 saturated carbocycles. The third-order valence-corrected chi connectivity index (χ3v) is 5.91. The van der Waals surface area contributed by atoms with E-state index in [2.05, 4.69) is 41.4 Å². The molecule has 3 nitrogen and oxygen atoms in total. The van der Waals surface area contributed by atoms with Gasteiger partial charge in [0, 0.05) is 30.6 Å². The van der Waals surface area contributed by atoms with E-state index in [9.17, 15) is 4.79 Å². The number of rotatable bonds is 4. The van der Waals surface area contributed by atoms with E-state index in [1.807, 2.05) is 0 Å². The summed E-state index contributed by atoms with van der Waals surface area (Å²) in [6.45, 7) is 3.21. The second-order valence-corrected chi connectivity index (χ2v) is 7.85. The fourth-order valence-electron chi connectivity index (χ4n) is 4.42. The minimum atomic E-state index is 0.319. The molecule has 0 spiro atoms. The Morgan fingerprint density at radius 1 is 1.09 bits per heavy atom. The number of amides is 1. The molecule has 1 aromatic carbocycles. The zero-order valence-electron chi connectivity index (χ0n) is 14.1. The number of nitrogens with zero attached hydrogens (tertiary/aromatic N) is 1. The summed E-state index contributed by atoms with van der Waals surface area (Å²) in [4.78, 5) is 14.8. The molecule has 124 valence electrons. The van der Waals surface area contributed by atoms with Crippen LogP contribution in [0.15, 0.2) is 24.3 Å². The molecule has 23 heavy (non-hydrogen) atoms. The number of aryl methyl sites for hydroxylation is 1. The third kappa shape index (κ3) is 3.45. The fourth-order valence-corrected chi connectivity index (χ4v) is 4.42. The summed E-state index contributed by atoms with van der Waals surface area (Å²) < 4.78 is 0. The first-order valence-corrected chi connectivity index (χ1v) is 9.31. The molecule has 3 fully saturated rings. The van der Waals surface area contributed by atoms with E-state index in [4.69, 9.17) is 0 Å². The highest BCUT2D eigenvalue weighted by atomic mass is 16.2. The Morgan fingerprint density at radius 3 is 2.35 bits per heavy atom. The van der Waals surface area contributed by atoms with Gasteiger partial charge in [0.2, 0.25) is 5.91 Å². The van der Waals surface area contributed by atoms with E-state index >= 15 is 0 Å². The Morgan fingerprint density at radius 2 is 1.74 bits per heavy atom. The van der Waals surface area contributed by atoms with E-state index in [0.717, 1.165) is 32.2 Å². The van der Waals surface area contributed by atoms with Gasteiger partial charge in [-0.05, 0) is 51.0 Å². The second kappa shape index (κ2) is 6.27. The number of carbonyl (C=O) groups excluding carboxylic acids is 1. The van der Waals surface area contributed by atoms with Crippen molar-refractivity contribution in [1.29, 1.82) is 0 Å². The highest BCUT2D eigenvalue weighted by Gasteiger charge is 2.40. The molecule has 1 amide bonds. The number of hydrogen-bond acceptors (Lipinski definition) is 2. The van der Waals surface area contributed by atoms with Gasteiger partial charge in [-0.3, -0.25) is 9.69 Å². The predicted octanol–water partition coefficient (Wildman–Crippen LogP) is 3.41. The molecule has 2 saturated heterocycles. The molecule has 3 aliphatic rings. The normalized spacial score (nSPS) is 30.9. The van der Waals surface area contributed by atoms with E-state index in [1.165, 1.54) is 30.4 Å². The van der Waals surface area contributed by atoms with Gasteiger partial charge in [0.25, 0.3) is 0 Å². The maximum Gasteiger partial charge on any atom is 0.223 e. The van der Waals surface area contributed by atoms with Crippen LogP contribution in [-0.2, 0) is 11.3 Å². The zero-order valence-corrected chi connectivity index (χ0v) is 14.1. The van der Waals surface area contributed by atoms with Crippen molar-refractivity contribution in [3.05, 3.63) is 35.4 Å². The zero-order chi connectivity index (χ0) is 15.8. The Balaban J connectivity index is 1.41. The highest BCUT2D eigenvalue weighted by Crippen LogP contribution is 2.36. The molecule has 2 bridgehead atoms. The van der Waals surface area contributed by atoms with Crippen molar-refractivity contribution in [2.24, 2.45) is 5.92 Å². The molecule has 2 heterocycles. The number of piperidine rings is 2. The second-order valence-electron chi connectivity index (χ2n) is 7.85. The lowest BCUT2D eigenvalue weighted by molar-refractivity contribution is -0.124. The number of fused-ring (bicyclic) bond motifs is 2. The average Bonchev–Trinajstić information content (AvgIpc) is 3.35. The first-order chi connectivity index (χ1) is 11.2. The number of nitrogens with one attached hydrogen (secondary N) is 1. The number of carbonyl (C=O) groups is 1. The van der Waals surface area contributed by atoms with E-state index in [0.29, 0.717) is 30.0 Å². The van der Waals surface area contributed by atoms with E-state index in [1.54, 1.807) is 0 Å². The summed E-state index contributed by atoms with van der Waals surface area (Å²) in [7, 11) is 0. The van der Waals surface area contributed by atoms with Crippen molar-refractivity contribution in [1.82, 2.24) is 10.2 Å². The first-order valence-electron chi connectivity index (χ1n) is 9.31. The summed E-state index contributed by atoms with van der Waals surface area (Å²) in [5.41, 5.74) is 2.75. The van der Waals surface area contributed by atoms with Gasteiger partial charge in [-0.15, -0.1) is 0 Å². The number of hydrogen-bond donors (Lipinski definition) is 1. The van der Waals surface area contributed by atoms with Crippen molar-refractivity contribution >= 4 is 5.91 Å². The van der Waals surface area contributed by atoms with E-state index in [-0.39, 0.29) is 0 Å². The van der Waals surface area contributed by atoms with Crippen molar-refractivity contribution in [3.63, 3.8) is 0 Å². The third-order valence-electron chi connectivity index (χ3n) is 5.91. The standard InChI is InChI=1S/C20H28N2O/c1-14-5-7-15(8-6-14)13-22-18-3-2-4-19(22)12-17(11-18)21-20(23)16-9-10-16/h5-8,16-19H,2-4,9-13H2,1H3,(H,21,23)/t18-,19-/m0/s1. The smallest absolute Gasteiger partial charge is 0.223 e. The predicted molar refractivity (Wildman–Crippen MR) is 92.0 cm³/mol. The molecule has 2 atom stereocenters. The lowest BCUT2D eigenvalue weighted by Crippen LogP contribution is -2.56. The molecule has 4 rings (SSSR count). The first kappa shape index (κ1) is 15.2. The van der Waals surface area contributed by atoms with Crippen LogP contribution >= 0.6 is 0 Å². The summed E-state index contributed by atoms with van der Waals surface area (Å²) in [5, 5.41) is 3.34. The minimum Gasteiger partial charge on any atom is -0.353 e. The summed E-state index contributed by atoms with van der Waals surface area (Å²) in [6, 6.07) is 10.7. The molecule has 1 N–H and O–H groups in total. The summed E-state index contributed by atoms with van der Waals surface area (Å²) >= 11 is 0. The Labute approximate surface area is 139 Å². The van der Waals surface area contributed by atoms with Gasteiger partial charge in [0.15, 0.2) is 0 Å². The lowest BCUT2D eigenvalue weighted by atomic mass is 9.81. The fraction of sp³-hybridized carbons (Fsp3) is 0.650. The van der Waals surface area contributed by atoms with Crippen molar-refractivity contribution in [2.45, 2.75) is 76.5 Å². The molecular formula is C20H28N2O. The molecule has 0 radical (unpaired) electrons. The maximum atomic E-state index is 12.1. The van der Waals surface area contributed by atoms with Crippen LogP contribution in [0, 0.1) is 12.8 Å². The minimum absolute atomic E-state index is 0.319. The van der Waals surface area contributed by atoms with Crippen molar-refractivity contribution in [3.8, 4) is 0 Å². The van der Waals surface area contributed by atoms with Crippen LogP contribution < -0.4 is 5.32 Å². The van der Waals surface area contributed by atoms with Crippen LogP contribution in [0.5, 0.6) is 0 Å². The molecule has 3 heteroatoms. The van der Waals surface area contributed by atoms with Crippen molar-refractivity contribution < 1.29 is 4.79 Å². The van der Waals surface area contributed by atoms with Crippen LogP contribution in [0.4, 0.5) is 0 Å². The van der Waals surface area contributed by atoms with Gasteiger partial charge in [0.1, 0.15) is 0 Å². The van der Waals surface area contributed by atoms with Crippen LogP contribution in [0.25, 0.3) is 0 Å². The lowest BCUT2D eigenvalue weighted by Gasteiger charge is -2.49.